The van der Waals surface area contributed by atoms with Crippen molar-refractivity contribution >= 4 is 19.4 Å². The minimum atomic E-state index is -0.425. The first-order chi connectivity index (χ1) is 9.37. The Labute approximate surface area is 122 Å². The number of nitrogens with zero attached hydrogens (tertiary/aromatic N) is 2. The van der Waals surface area contributed by atoms with E-state index >= 15 is 0 Å². The van der Waals surface area contributed by atoms with Gasteiger partial charge >= 0.3 is 6.09 Å². The van der Waals surface area contributed by atoms with Gasteiger partial charge in [0.2, 0.25) is 0 Å². The summed E-state index contributed by atoms with van der Waals surface area (Å²) in [6.07, 6.45) is 7.97. The molecular weight excluding hydrogens is 253 g/mol. The van der Waals surface area contributed by atoms with Crippen LogP contribution in [0.4, 0.5) is 4.79 Å². The number of hydrogen-bond acceptors (Lipinski definition) is 3. The highest BCUT2D eigenvalue weighted by Crippen LogP contribution is 2.06. The van der Waals surface area contributed by atoms with Crippen molar-refractivity contribution in [1.29, 1.82) is 0 Å². The number of alkyl carbamates (subject to hydrolysis) is 1. The zero-order valence-electron chi connectivity index (χ0n) is 13.1. The molecule has 0 saturated carbocycles. The summed E-state index contributed by atoms with van der Waals surface area (Å²) in [5.41, 5.74) is 0.776. The number of aromatic nitrogens is 2. The summed E-state index contributed by atoms with van der Waals surface area (Å²) in [6, 6.07) is 0. The summed E-state index contributed by atoms with van der Waals surface area (Å²) in [4.78, 5) is 11.4. The van der Waals surface area contributed by atoms with Gasteiger partial charge in [0.25, 0.3) is 0 Å². The van der Waals surface area contributed by atoms with Gasteiger partial charge in [0.15, 0.2) is 0 Å². The number of unbranched alkanes of at least 4 members (excludes halogenated alkanes) is 3. The van der Waals surface area contributed by atoms with Crippen LogP contribution in [0.5, 0.6) is 0 Å². The number of carbonyl (C=O) groups is 1. The molecule has 0 aliphatic rings. The number of ether oxygens (including phenoxy) is 1. The van der Waals surface area contributed by atoms with Crippen molar-refractivity contribution in [3.63, 3.8) is 0 Å². The molecule has 0 atom stereocenters. The van der Waals surface area contributed by atoms with Crippen LogP contribution in [0.25, 0.3) is 0 Å². The lowest BCUT2D eigenvalue weighted by atomic mass is 10.0. The van der Waals surface area contributed by atoms with E-state index in [-0.39, 0.29) is 6.09 Å². The number of aryl methyl sites for hydroxylation is 1. The van der Waals surface area contributed by atoms with Crippen molar-refractivity contribution in [3.05, 3.63) is 12.4 Å². The lowest BCUT2D eigenvalue weighted by Crippen LogP contribution is -2.32. The van der Waals surface area contributed by atoms with Crippen molar-refractivity contribution < 1.29 is 9.53 Å². The summed E-state index contributed by atoms with van der Waals surface area (Å²) in [5.74, 6) is 0. The standard InChI is InChI=1S/C14H26BN3O2/c1-14(2,3)20-13(19)16-8-6-4-5-7-9-18-11-12(15)10-17-18/h10-11H,4-9,15H2,1-3H3,(H,16,19). The monoisotopic (exact) mass is 279 g/mol. The van der Waals surface area contributed by atoms with Gasteiger partial charge in [0.1, 0.15) is 13.4 Å². The van der Waals surface area contributed by atoms with Crippen LogP contribution in [0.15, 0.2) is 12.4 Å². The highest BCUT2D eigenvalue weighted by atomic mass is 16.6. The molecule has 0 fully saturated rings. The maximum Gasteiger partial charge on any atom is 0.407 e. The van der Waals surface area contributed by atoms with Crippen LogP contribution < -0.4 is 10.8 Å². The van der Waals surface area contributed by atoms with Crippen LogP contribution in [-0.2, 0) is 11.3 Å². The van der Waals surface area contributed by atoms with Gasteiger partial charge < -0.3 is 10.1 Å². The first kappa shape index (κ1) is 16.6. The molecule has 0 bridgehead atoms. The van der Waals surface area contributed by atoms with Crippen LogP contribution in [0.1, 0.15) is 46.5 Å². The summed E-state index contributed by atoms with van der Waals surface area (Å²) >= 11 is 0. The van der Waals surface area contributed by atoms with Gasteiger partial charge in [-0.05, 0) is 33.6 Å². The maximum atomic E-state index is 11.4. The van der Waals surface area contributed by atoms with Crippen LogP contribution in [0, 0.1) is 0 Å². The van der Waals surface area contributed by atoms with Crippen LogP contribution >= 0.6 is 0 Å². The van der Waals surface area contributed by atoms with Gasteiger partial charge in [0.05, 0.1) is 0 Å². The Morgan fingerprint density at radius 3 is 2.65 bits per heavy atom. The topological polar surface area (TPSA) is 56.2 Å². The van der Waals surface area contributed by atoms with E-state index in [0.717, 1.165) is 32.2 Å². The lowest BCUT2D eigenvalue weighted by Gasteiger charge is -2.19. The third-order valence-electron chi connectivity index (χ3n) is 2.74. The van der Waals surface area contributed by atoms with Gasteiger partial charge in [-0.1, -0.05) is 18.3 Å². The smallest absolute Gasteiger partial charge is 0.407 e. The predicted octanol–water partition coefficient (Wildman–Crippen LogP) is 1.23. The predicted molar refractivity (Wildman–Crippen MR) is 83.1 cm³/mol. The average molecular weight is 279 g/mol. The molecule has 1 heterocycles. The normalized spacial score (nSPS) is 11.3. The fourth-order valence-electron chi connectivity index (χ4n) is 1.85. The van der Waals surface area contributed by atoms with Gasteiger partial charge in [0, 0.05) is 25.5 Å². The van der Waals surface area contributed by atoms with Crippen molar-refractivity contribution in [3.8, 4) is 0 Å². The fourth-order valence-corrected chi connectivity index (χ4v) is 1.85. The highest BCUT2D eigenvalue weighted by molar-refractivity contribution is 6.31. The zero-order valence-corrected chi connectivity index (χ0v) is 13.1. The van der Waals surface area contributed by atoms with Gasteiger partial charge in [-0.15, -0.1) is 0 Å². The Morgan fingerprint density at radius 1 is 1.35 bits per heavy atom. The lowest BCUT2D eigenvalue weighted by molar-refractivity contribution is 0.0527. The summed E-state index contributed by atoms with van der Waals surface area (Å²) in [6.45, 7) is 7.24. The number of amides is 1. The minimum Gasteiger partial charge on any atom is -0.444 e. The molecule has 0 aliphatic carbocycles. The van der Waals surface area contributed by atoms with E-state index in [1.165, 1.54) is 5.46 Å². The average Bonchev–Trinajstić information content (AvgIpc) is 2.71. The van der Waals surface area contributed by atoms with E-state index < -0.39 is 5.60 Å². The second-order valence-electron chi connectivity index (χ2n) is 6.12. The molecule has 5 nitrogen and oxygen atoms in total. The Morgan fingerprint density at radius 2 is 2.05 bits per heavy atom. The van der Waals surface area contributed by atoms with Crippen molar-refractivity contribution in [1.82, 2.24) is 15.1 Å². The van der Waals surface area contributed by atoms with E-state index in [4.69, 9.17) is 4.74 Å². The minimum absolute atomic E-state index is 0.329. The van der Waals surface area contributed by atoms with Crippen LogP contribution in [0.3, 0.4) is 0 Å². The van der Waals surface area contributed by atoms with Gasteiger partial charge in [-0.2, -0.15) is 5.10 Å². The van der Waals surface area contributed by atoms with E-state index in [9.17, 15) is 4.79 Å². The molecular formula is C14H26BN3O2. The molecule has 1 aromatic heterocycles. The SMILES string of the molecule is Bc1cnn(CCCCCCNC(=O)OC(C)(C)C)c1. The van der Waals surface area contributed by atoms with Gasteiger partial charge in [-0.3, -0.25) is 4.68 Å². The molecule has 1 aromatic rings. The van der Waals surface area contributed by atoms with Gasteiger partial charge in [-0.25, -0.2) is 4.79 Å². The number of rotatable bonds is 7. The first-order valence-electron chi connectivity index (χ1n) is 7.33. The maximum absolute atomic E-state index is 11.4. The van der Waals surface area contributed by atoms with Crippen molar-refractivity contribution in [2.24, 2.45) is 0 Å². The Bertz CT molecular complexity index is 413. The molecule has 1 N–H and O–H groups in total. The number of nitrogens with one attached hydrogen (secondary N) is 1. The third kappa shape index (κ3) is 7.87. The number of carbonyl (C=O) groups excluding carboxylic acids is 1. The molecule has 6 heteroatoms. The molecule has 1 amide bonds. The first-order valence-corrected chi connectivity index (χ1v) is 7.33. The Hall–Kier alpha value is -1.46. The summed E-state index contributed by atoms with van der Waals surface area (Å²) in [7, 11) is 2.05. The molecule has 0 radical (unpaired) electrons. The second kappa shape index (κ2) is 7.97. The largest absolute Gasteiger partial charge is 0.444 e. The molecule has 0 saturated heterocycles. The molecule has 0 aromatic carbocycles. The Kier molecular flexibility index (Phi) is 6.62. The highest BCUT2D eigenvalue weighted by Gasteiger charge is 2.15. The van der Waals surface area contributed by atoms with Crippen molar-refractivity contribution in [2.45, 2.75) is 58.6 Å². The zero-order chi connectivity index (χ0) is 15.0. The third-order valence-corrected chi connectivity index (χ3v) is 2.74. The van der Waals surface area contributed by atoms with E-state index in [1.54, 1.807) is 0 Å². The second-order valence-corrected chi connectivity index (χ2v) is 6.12. The van der Waals surface area contributed by atoms with Crippen LogP contribution in [-0.4, -0.2) is 35.9 Å². The quantitative estimate of drug-likeness (QED) is 0.603. The number of hydrogen-bond donors (Lipinski definition) is 1. The molecule has 1 rings (SSSR count). The summed E-state index contributed by atoms with van der Waals surface area (Å²) in [5, 5.41) is 7.02. The van der Waals surface area contributed by atoms with E-state index in [2.05, 4.69) is 16.6 Å². The molecule has 112 valence electrons. The molecule has 0 spiro atoms. The molecule has 0 aliphatic heterocycles. The van der Waals surface area contributed by atoms with E-state index in [0.29, 0.717) is 6.54 Å². The molecule has 20 heavy (non-hydrogen) atoms. The molecule has 0 unspecified atom stereocenters. The van der Waals surface area contributed by atoms with E-state index in [1.807, 2.05) is 39.5 Å². The van der Waals surface area contributed by atoms with Crippen molar-refractivity contribution in [2.75, 3.05) is 6.54 Å². The van der Waals surface area contributed by atoms with Crippen LogP contribution in [0.2, 0.25) is 0 Å². The summed E-state index contributed by atoms with van der Waals surface area (Å²) < 4.78 is 7.14. The Balaban J connectivity index is 1.96. The fraction of sp³-hybridized carbons (Fsp3) is 0.714.